The first kappa shape index (κ1) is 11.5. The van der Waals surface area contributed by atoms with E-state index in [0.717, 1.165) is 52.0 Å². The molecule has 2 aliphatic heterocycles. The van der Waals surface area contributed by atoms with Crippen LogP contribution in [0.25, 0.3) is 0 Å². The molecule has 0 radical (unpaired) electrons. The third-order valence-corrected chi connectivity index (χ3v) is 5.42. The lowest BCUT2D eigenvalue weighted by atomic mass is 9.35. The van der Waals surface area contributed by atoms with Crippen molar-refractivity contribution >= 4 is 12.0 Å². The van der Waals surface area contributed by atoms with Gasteiger partial charge in [-0.1, -0.05) is 0 Å². The van der Waals surface area contributed by atoms with Crippen molar-refractivity contribution in [1.82, 2.24) is 15.1 Å². The molecule has 0 aromatic heterocycles. The molecule has 5 rings (SSSR count). The van der Waals surface area contributed by atoms with Crippen LogP contribution >= 0.6 is 0 Å². The lowest BCUT2D eigenvalue weighted by molar-refractivity contribution is -0.225. The van der Waals surface area contributed by atoms with E-state index in [-0.39, 0.29) is 11.4 Å². The topological polar surface area (TPSA) is 72.9 Å². The molecule has 0 spiro atoms. The van der Waals surface area contributed by atoms with Crippen LogP contribution in [0.2, 0.25) is 0 Å². The van der Waals surface area contributed by atoms with Crippen LogP contribution in [0.5, 0.6) is 0 Å². The molecule has 1 atom stereocenters. The summed E-state index contributed by atoms with van der Waals surface area (Å²) < 4.78 is 0. The van der Waals surface area contributed by atoms with Crippen molar-refractivity contribution in [1.29, 1.82) is 0 Å². The third-order valence-electron chi connectivity index (χ3n) is 5.42. The van der Waals surface area contributed by atoms with E-state index in [2.05, 4.69) is 5.32 Å². The molecule has 2 N–H and O–H groups in total. The molecule has 5 fully saturated rings. The summed E-state index contributed by atoms with van der Waals surface area (Å²) in [6.45, 7) is 4.12. The highest BCUT2D eigenvalue weighted by atomic mass is 16.4. The van der Waals surface area contributed by atoms with Gasteiger partial charge in [0.25, 0.3) is 0 Å². The number of hydrogen-bond donors (Lipinski definition) is 2. The Morgan fingerprint density at radius 2 is 2.16 bits per heavy atom. The molecule has 3 saturated carbocycles. The van der Waals surface area contributed by atoms with Crippen LogP contribution in [-0.2, 0) is 4.79 Å². The molecule has 1 unspecified atom stereocenters. The van der Waals surface area contributed by atoms with Gasteiger partial charge in [0.15, 0.2) is 0 Å². The van der Waals surface area contributed by atoms with E-state index < -0.39 is 11.4 Å². The Morgan fingerprint density at radius 3 is 2.79 bits per heavy atom. The SMILES string of the molecule is O=C1N(CC23CC(C(=O)O)(C2)C3)CC2CNCCN12. The summed E-state index contributed by atoms with van der Waals surface area (Å²) in [4.78, 5) is 27.3. The first-order chi connectivity index (χ1) is 9.04. The number of carboxylic acids is 1. The van der Waals surface area contributed by atoms with Gasteiger partial charge in [0.05, 0.1) is 11.5 Å². The molecule has 19 heavy (non-hydrogen) atoms. The Morgan fingerprint density at radius 1 is 1.42 bits per heavy atom. The molecular weight excluding hydrogens is 246 g/mol. The third kappa shape index (κ3) is 1.40. The summed E-state index contributed by atoms with van der Waals surface area (Å²) in [6, 6.07) is 0.461. The molecule has 5 aliphatic rings. The van der Waals surface area contributed by atoms with Crippen molar-refractivity contribution in [2.75, 3.05) is 32.7 Å². The van der Waals surface area contributed by atoms with E-state index >= 15 is 0 Å². The van der Waals surface area contributed by atoms with Gasteiger partial charge in [0.2, 0.25) is 0 Å². The minimum absolute atomic E-state index is 0.121. The fourth-order valence-corrected chi connectivity index (χ4v) is 4.62. The van der Waals surface area contributed by atoms with Crippen LogP contribution in [0.3, 0.4) is 0 Å². The van der Waals surface area contributed by atoms with Gasteiger partial charge in [-0.25, -0.2) is 4.79 Å². The molecule has 2 saturated heterocycles. The van der Waals surface area contributed by atoms with Crippen LogP contribution in [0.15, 0.2) is 0 Å². The zero-order valence-electron chi connectivity index (χ0n) is 10.9. The number of carbonyl (C=O) groups excluding carboxylic acids is 1. The average Bonchev–Trinajstić information content (AvgIpc) is 2.59. The summed E-state index contributed by atoms with van der Waals surface area (Å²) in [5, 5.41) is 12.4. The molecule has 104 valence electrons. The Labute approximate surface area is 111 Å². The van der Waals surface area contributed by atoms with Crippen molar-refractivity contribution in [3.05, 3.63) is 0 Å². The lowest BCUT2D eigenvalue weighted by Crippen LogP contribution is -2.68. The van der Waals surface area contributed by atoms with Gasteiger partial charge < -0.3 is 20.2 Å². The second-order valence-corrected chi connectivity index (χ2v) is 6.83. The van der Waals surface area contributed by atoms with Crippen LogP contribution in [0.4, 0.5) is 4.79 Å². The Hall–Kier alpha value is -1.30. The molecule has 0 aromatic carbocycles. The minimum Gasteiger partial charge on any atom is -0.481 e. The number of amides is 2. The van der Waals surface area contributed by atoms with Gasteiger partial charge in [-0.05, 0) is 24.7 Å². The number of nitrogens with zero attached hydrogens (tertiary/aromatic N) is 2. The molecular formula is C13H19N3O3. The van der Waals surface area contributed by atoms with Crippen molar-refractivity contribution in [3.63, 3.8) is 0 Å². The predicted molar refractivity (Wildman–Crippen MR) is 66.7 cm³/mol. The maximum absolute atomic E-state index is 12.3. The number of hydrogen-bond acceptors (Lipinski definition) is 3. The summed E-state index contributed by atoms with van der Waals surface area (Å²) >= 11 is 0. The second-order valence-electron chi connectivity index (χ2n) is 6.83. The number of carbonyl (C=O) groups is 2. The van der Waals surface area contributed by atoms with Crippen molar-refractivity contribution < 1.29 is 14.7 Å². The largest absolute Gasteiger partial charge is 0.481 e. The Balaban J connectivity index is 1.40. The first-order valence-electron chi connectivity index (χ1n) is 7.03. The van der Waals surface area contributed by atoms with Gasteiger partial charge in [0, 0.05) is 32.7 Å². The quantitative estimate of drug-likeness (QED) is 0.750. The van der Waals surface area contributed by atoms with Gasteiger partial charge in [0.1, 0.15) is 0 Å². The number of carboxylic acid groups (broad SMARTS) is 1. The highest BCUT2D eigenvalue weighted by Crippen LogP contribution is 2.73. The van der Waals surface area contributed by atoms with Crippen LogP contribution < -0.4 is 5.32 Å². The standard InChI is InChI=1S/C13H19N3O3/c17-10(18)13-5-12(6-13,7-13)8-15-4-9-3-14-1-2-16(9)11(15)19/h9,14H,1-8H2,(H,17,18). The number of rotatable bonds is 3. The van der Waals surface area contributed by atoms with Gasteiger partial charge in [-0.15, -0.1) is 0 Å². The van der Waals surface area contributed by atoms with Crippen molar-refractivity contribution in [2.24, 2.45) is 10.8 Å². The second kappa shape index (κ2) is 3.42. The van der Waals surface area contributed by atoms with Gasteiger partial charge >= 0.3 is 12.0 Å². The zero-order valence-corrected chi connectivity index (χ0v) is 10.9. The van der Waals surface area contributed by atoms with E-state index in [0.29, 0.717) is 6.04 Å². The average molecular weight is 265 g/mol. The van der Waals surface area contributed by atoms with E-state index in [9.17, 15) is 9.59 Å². The highest BCUT2D eigenvalue weighted by Gasteiger charge is 2.72. The van der Waals surface area contributed by atoms with E-state index in [1.54, 1.807) is 0 Å². The highest BCUT2D eigenvalue weighted by molar-refractivity contribution is 5.80. The van der Waals surface area contributed by atoms with Crippen molar-refractivity contribution in [3.8, 4) is 0 Å². The fourth-order valence-electron chi connectivity index (χ4n) is 4.62. The summed E-state index contributed by atoms with van der Waals surface area (Å²) in [6.07, 6.45) is 2.30. The molecule has 6 heteroatoms. The molecule has 3 aliphatic carbocycles. The maximum Gasteiger partial charge on any atom is 0.320 e. The molecule has 0 aromatic rings. The Kier molecular flexibility index (Phi) is 2.07. The number of urea groups is 1. The van der Waals surface area contributed by atoms with E-state index in [1.807, 2.05) is 9.80 Å². The first-order valence-corrected chi connectivity index (χ1v) is 7.03. The van der Waals surface area contributed by atoms with Gasteiger partial charge in [-0.3, -0.25) is 4.79 Å². The normalized spacial score (nSPS) is 43.6. The van der Waals surface area contributed by atoms with E-state index in [4.69, 9.17) is 5.11 Å². The lowest BCUT2D eigenvalue weighted by Gasteiger charge is -2.68. The molecule has 2 heterocycles. The number of nitrogens with one attached hydrogen (secondary N) is 1. The minimum atomic E-state index is -0.649. The maximum atomic E-state index is 12.3. The number of fused-ring (bicyclic) bond motifs is 1. The molecule has 6 nitrogen and oxygen atoms in total. The summed E-state index contributed by atoms with van der Waals surface area (Å²) in [5.74, 6) is -0.649. The number of aliphatic carboxylic acids is 1. The summed E-state index contributed by atoms with van der Waals surface area (Å²) in [5.41, 5.74) is -0.312. The molecule has 2 amide bonds. The predicted octanol–water partition coefficient (Wildman–Crippen LogP) is -0.0493. The molecule has 2 bridgehead atoms. The fraction of sp³-hybridized carbons (Fsp3) is 0.846. The van der Waals surface area contributed by atoms with Crippen molar-refractivity contribution in [2.45, 2.75) is 25.3 Å². The van der Waals surface area contributed by atoms with E-state index in [1.165, 1.54) is 0 Å². The summed E-state index contributed by atoms with van der Waals surface area (Å²) in [7, 11) is 0. The van der Waals surface area contributed by atoms with Gasteiger partial charge in [-0.2, -0.15) is 0 Å². The van der Waals surface area contributed by atoms with Crippen LogP contribution in [0.1, 0.15) is 19.3 Å². The van der Waals surface area contributed by atoms with Crippen LogP contribution in [0, 0.1) is 10.8 Å². The smallest absolute Gasteiger partial charge is 0.320 e. The monoisotopic (exact) mass is 265 g/mol. The zero-order chi connectivity index (χ0) is 13.3. The van der Waals surface area contributed by atoms with Crippen LogP contribution in [-0.4, -0.2) is 65.7 Å². The number of piperazine rings is 1. The Bertz CT molecular complexity index is 444.